The van der Waals surface area contributed by atoms with E-state index in [1.54, 1.807) is 0 Å². The van der Waals surface area contributed by atoms with Crippen molar-refractivity contribution in [2.24, 2.45) is 0 Å². The minimum Gasteiger partial charge on any atom is -0.323 e. The van der Waals surface area contributed by atoms with Crippen molar-refractivity contribution in [2.75, 3.05) is 20.6 Å². The van der Waals surface area contributed by atoms with Gasteiger partial charge in [0.25, 0.3) is 0 Å². The van der Waals surface area contributed by atoms with E-state index in [0.29, 0.717) is 13.0 Å². The van der Waals surface area contributed by atoms with Crippen LogP contribution in [0.3, 0.4) is 0 Å². The minimum absolute atomic E-state index is 0.231. The number of rotatable bonds is 1. The summed E-state index contributed by atoms with van der Waals surface area (Å²) in [6.07, 6.45) is 0.286. The molecule has 3 nitrogen and oxygen atoms in total. The third kappa shape index (κ3) is 4.86. The van der Waals surface area contributed by atoms with Gasteiger partial charge in [-0.3, -0.25) is 0 Å². The molecule has 1 rings (SSSR count). The Morgan fingerprint density at radius 3 is 2.36 bits per heavy atom. The van der Waals surface area contributed by atoms with Gasteiger partial charge in [-0.15, -0.1) is 0 Å². The number of nitrogens with one attached hydrogen (secondary N) is 2. The molecular formula is C7H15FN2O. The molecule has 0 saturated carbocycles. The van der Waals surface area contributed by atoms with E-state index in [1.165, 1.54) is 0 Å². The molecule has 1 saturated heterocycles. The van der Waals surface area contributed by atoms with Crippen LogP contribution in [0, 0.1) is 0 Å². The Morgan fingerprint density at radius 1 is 1.64 bits per heavy atom. The lowest BCUT2D eigenvalue weighted by Gasteiger charge is -1.93. The Morgan fingerprint density at radius 2 is 2.18 bits per heavy atom. The lowest BCUT2D eigenvalue weighted by Crippen LogP contribution is -2.22. The van der Waals surface area contributed by atoms with Crippen LogP contribution in [0.2, 0.25) is 0 Å². The van der Waals surface area contributed by atoms with E-state index in [-0.39, 0.29) is 6.04 Å². The predicted molar refractivity (Wildman–Crippen MR) is 42.4 cm³/mol. The zero-order valence-electron chi connectivity index (χ0n) is 6.93. The first-order valence-electron chi connectivity index (χ1n) is 3.65. The number of hydrogen-bond donors (Lipinski definition) is 2. The quantitative estimate of drug-likeness (QED) is 0.521. The Hall–Kier alpha value is -0.480. The summed E-state index contributed by atoms with van der Waals surface area (Å²) in [5.41, 5.74) is 0. The highest BCUT2D eigenvalue weighted by Gasteiger charge is 2.21. The molecule has 1 aliphatic rings. The van der Waals surface area contributed by atoms with Gasteiger partial charge in [-0.1, -0.05) is 0 Å². The molecule has 1 heterocycles. The summed E-state index contributed by atoms with van der Waals surface area (Å²) in [5, 5.41) is 5.46. The summed E-state index contributed by atoms with van der Waals surface area (Å²) in [5.74, 6) is 0. The molecule has 4 heteroatoms. The molecule has 66 valence electrons. The second kappa shape index (κ2) is 6.24. The standard InChI is InChI=1S/C5H8FNO.C2H7N/c6-4-1-5(3-8)7-2-4;1-3-2/h3-5,7H,1-2H2;3H,1-2H3. The molecule has 1 aliphatic heterocycles. The van der Waals surface area contributed by atoms with Crippen LogP contribution in [0.1, 0.15) is 6.42 Å². The van der Waals surface area contributed by atoms with E-state index < -0.39 is 6.17 Å². The third-order valence-corrected chi connectivity index (χ3v) is 1.28. The second-order valence-electron chi connectivity index (χ2n) is 2.48. The van der Waals surface area contributed by atoms with Gasteiger partial charge in [0, 0.05) is 13.0 Å². The predicted octanol–water partition coefficient (Wildman–Crippen LogP) is -0.279. The van der Waals surface area contributed by atoms with Crippen LogP contribution in [-0.4, -0.2) is 39.1 Å². The summed E-state index contributed by atoms with van der Waals surface area (Å²) in [4.78, 5) is 9.92. The SMILES string of the molecule is CNC.O=CC1CC(F)CN1. The smallest absolute Gasteiger partial charge is 0.137 e. The Bertz CT molecular complexity index is 111. The zero-order valence-corrected chi connectivity index (χ0v) is 6.93. The van der Waals surface area contributed by atoms with Gasteiger partial charge in [-0.25, -0.2) is 4.39 Å². The van der Waals surface area contributed by atoms with E-state index in [1.807, 2.05) is 14.1 Å². The average molecular weight is 162 g/mol. The number of alkyl halides is 1. The third-order valence-electron chi connectivity index (χ3n) is 1.28. The molecule has 2 atom stereocenters. The minimum atomic E-state index is -0.815. The van der Waals surface area contributed by atoms with Gasteiger partial charge in [-0.2, -0.15) is 0 Å². The number of halogens is 1. The van der Waals surface area contributed by atoms with Gasteiger partial charge in [0.1, 0.15) is 12.5 Å². The number of aldehydes is 1. The van der Waals surface area contributed by atoms with Crippen molar-refractivity contribution >= 4 is 6.29 Å². The fraction of sp³-hybridized carbons (Fsp3) is 0.857. The summed E-state index contributed by atoms with van der Waals surface area (Å²) in [7, 11) is 3.75. The fourth-order valence-electron chi connectivity index (χ4n) is 0.825. The Balaban J connectivity index is 0.000000292. The number of carbonyl (C=O) groups is 1. The van der Waals surface area contributed by atoms with E-state index in [9.17, 15) is 9.18 Å². The number of hydrogen-bond acceptors (Lipinski definition) is 3. The first-order chi connectivity index (χ1) is 5.24. The van der Waals surface area contributed by atoms with Crippen LogP contribution in [0.25, 0.3) is 0 Å². The maximum Gasteiger partial charge on any atom is 0.137 e. The first kappa shape index (κ1) is 10.5. The van der Waals surface area contributed by atoms with E-state index >= 15 is 0 Å². The maximum absolute atomic E-state index is 12.1. The largest absolute Gasteiger partial charge is 0.323 e. The van der Waals surface area contributed by atoms with Crippen LogP contribution in [0.15, 0.2) is 0 Å². The van der Waals surface area contributed by atoms with Crippen molar-refractivity contribution in [3.05, 3.63) is 0 Å². The Labute approximate surface area is 66.4 Å². The molecule has 11 heavy (non-hydrogen) atoms. The second-order valence-corrected chi connectivity index (χ2v) is 2.48. The summed E-state index contributed by atoms with van der Waals surface area (Å²) >= 11 is 0. The van der Waals surface area contributed by atoms with E-state index in [4.69, 9.17) is 0 Å². The first-order valence-corrected chi connectivity index (χ1v) is 3.65. The average Bonchev–Trinajstić information content (AvgIpc) is 2.37. The molecule has 0 radical (unpaired) electrons. The molecule has 1 fully saturated rings. The molecule has 0 aliphatic carbocycles. The Kier molecular flexibility index (Phi) is 5.97. The summed E-state index contributed by atoms with van der Waals surface area (Å²) in [6.45, 7) is 0.337. The van der Waals surface area contributed by atoms with Crippen molar-refractivity contribution in [1.82, 2.24) is 10.6 Å². The molecule has 0 aromatic heterocycles. The number of carbonyl (C=O) groups excluding carboxylic acids is 1. The van der Waals surface area contributed by atoms with Crippen molar-refractivity contribution < 1.29 is 9.18 Å². The van der Waals surface area contributed by atoms with Gasteiger partial charge in [-0.05, 0) is 14.1 Å². The van der Waals surface area contributed by atoms with Crippen LogP contribution in [0.5, 0.6) is 0 Å². The van der Waals surface area contributed by atoms with Gasteiger partial charge >= 0.3 is 0 Å². The maximum atomic E-state index is 12.1. The lowest BCUT2D eigenvalue weighted by molar-refractivity contribution is -0.109. The van der Waals surface area contributed by atoms with Crippen molar-refractivity contribution in [2.45, 2.75) is 18.6 Å². The van der Waals surface area contributed by atoms with Crippen LogP contribution in [-0.2, 0) is 4.79 Å². The molecule has 0 aromatic carbocycles. The highest BCUT2D eigenvalue weighted by Crippen LogP contribution is 2.06. The summed E-state index contributed by atoms with van der Waals surface area (Å²) < 4.78 is 12.1. The molecule has 0 aromatic rings. The van der Waals surface area contributed by atoms with Crippen LogP contribution < -0.4 is 10.6 Å². The normalized spacial score (nSPS) is 29.0. The van der Waals surface area contributed by atoms with Crippen molar-refractivity contribution in [3.63, 3.8) is 0 Å². The zero-order chi connectivity index (χ0) is 8.69. The molecule has 2 unspecified atom stereocenters. The van der Waals surface area contributed by atoms with Crippen LogP contribution in [0.4, 0.5) is 4.39 Å². The van der Waals surface area contributed by atoms with Crippen LogP contribution >= 0.6 is 0 Å². The van der Waals surface area contributed by atoms with Crippen molar-refractivity contribution in [3.8, 4) is 0 Å². The fourth-order valence-corrected chi connectivity index (χ4v) is 0.825. The lowest BCUT2D eigenvalue weighted by atomic mass is 10.2. The molecule has 2 N–H and O–H groups in total. The summed E-state index contributed by atoms with van der Waals surface area (Å²) in [6, 6.07) is -0.231. The molecule has 0 spiro atoms. The highest BCUT2D eigenvalue weighted by atomic mass is 19.1. The molecule has 0 amide bonds. The van der Waals surface area contributed by atoms with Gasteiger partial charge in [0.2, 0.25) is 0 Å². The van der Waals surface area contributed by atoms with Gasteiger partial charge in [0.05, 0.1) is 6.04 Å². The van der Waals surface area contributed by atoms with E-state index in [0.717, 1.165) is 6.29 Å². The highest BCUT2D eigenvalue weighted by molar-refractivity contribution is 5.58. The van der Waals surface area contributed by atoms with Gasteiger partial charge in [0.15, 0.2) is 0 Å². The van der Waals surface area contributed by atoms with Gasteiger partial charge < -0.3 is 15.4 Å². The van der Waals surface area contributed by atoms with Crippen molar-refractivity contribution in [1.29, 1.82) is 0 Å². The topological polar surface area (TPSA) is 41.1 Å². The molecular weight excluding hydrogens is 147 g/mol. The molecule has 0 bridgehead atoms. The monoisotopic (exact) mass is 162 g/mol. The van der Waals surface area contributed by atoms with E-state index in [2.05, 4.69) is 10.6 Å².